The Kier molecular flexibility index (Phi) is 7.06. The van der Waals surface area contributed by atoms with E-state index in [-0.39, 0.29) is 23.2 Å². The lowest BCUT2D eigenvalue weighted by atomic mass is 10.0. The van der Waals surface area contributed by atoms with Crippen molar-refractivity contribution in [2.75, 3.05) is 17.6 Å². The van der Waals surface area contributed by atoms with E-state index < -0.39 is 23.9 Å². The number of carbonyl (C=O) groups is 1. The molecule has 0 saturated carbocycles. The molecule has 1 amide bonds. The molecule has 1 saturated heterocycles. The summed E-state index contributed by atoms with van der Waals surface area (Å²) in [6.45, 7) is 4.41. The number of nitrogens with zero attached hydrogens (tertiary/aromatic N) is 5. The number of likely N-dealkylation sites (tertiary alicyclic amines) is 1. The molecule has 0 aliphatic carbocycles. The Morgan fingerprint density at radius 1 is 1.18 bits per heavy atom. The van der Waals surface area contributed by atoms with Crippen molar-refractivity contribution in [1.29, 1.82) is 0 Å². The number of fused-ring (bicyclic) bond motifs is 1. The van der Waals surface area contributed by atoms with Crippen molar-refractivity contribution < 1.29 is 23.1 Å². The number of amides is 1. The van der Waals surface area contributed by atoms with Crippen molar-refractivity contribution in [2.45, 2.75) is 37.7 Å². The number of benzene rings is 1. The molecule has 1 aliphatic rings. The van der Waals surface area contributed by atoms with Gasteiger partial charge in [0.05, 0.1) is 11.6 Å². The number of pyridine rings is 1. The number of nitrogens with one attached hydrogen (secondary N) is 1. The number of aliphatic hydroxyl groups excluding tert-OH is 1. The fourth-order valence-electron chi connectivity index (χ4n) is 4.85. The van der Waals surface area contributed by atoms with Crippen LogP contribution in [0.25, 0.3) is 16.8 Å². The Bertz CT molecular complexity index is 1520. The summed E-state index contributed by atoms with van der Waals surface area (Å²) in [7, 11) is 0. The third-order valence-corrected chi connectivity index (χ3v) is 6.75. The highest BCUT2D eigenvalue weighted by atomic mass is 19.4. The van der Waals surface area contributed by atoms with Gasteiger partial charge in [0, 0.05) is 36.3 Å². The lowest BCUT2D eigenvalue weighted by Gasteiger charge is -2.37. The Morgan fingerprint density at radius 3 is 2.67 bits per heavy atom. The van der Waals surface area contributed by atoms with Crippen LogP contribution in [0.5, 0.6) is 0 Å². The molecular weight excluding hydrogens is 511 g/mol. The highest BCUT2D eigenvalue weighted by Gasteiger charge is 2.33. The molecule has 1 fully saturated rings. The monoisotopic (exact) mass is 537 g/mol. The fraction of sp³-hybridized carbons (Fsp3) is 0.259. The number of aromatic nitrogens is 4. The molecule has 1 unspecified atom stereocenters. The summed E-state index contributed by atoms with van der Waals surface area (Å²) in [5.74, 6) is 0.157. The van der Waals surface area contributed by atoms with Gasteiger partial charge in [-0.05, 0) is 43.2 Å². The van der Waals surface area contributed by atoms with Crippen molar-refractivity contribution in [3.05, 3.63) is 84.6 Å². The van der Waals surface area contributed by atoms with E-state index in [0.717, 1.165) is 37.6 Å². The van der Waals surface area contributed by atoms with Crippen LogP contribution in [-0.4, -0.2) is 48.0 Å². The zero-order chi connectivity index (χ0) is 27.7. The highest BCUT2D eigenvalue weighted by Crippen LogP contribution is 2.36. The van der Waals surface area contributed by atoms with Gasteiger partial charge < -0.3 is 16.2 Å². The number of nitrogens with two attached hydrogens (primary N) is 1. The largest absolute Gasteiger partial charge is 0.416 e. The second kappa shape index (κ2) is 10.5. The molecule has 0 spiro atoms. The SMILES string of the molecule is C=CC(O)N1CCCC[C@H]1c1nc(-c2ccc(C(=O)Nc3cc(C(F)(F)F)ccn3)cc2)c2c(N)nccn12. The minimum Gasteiger partial charge on any atom is -0.382 e. The van der Waals surface area contributed by atoms with E-state index in [0.29, 0.717) is 29.1 Å². The van der Waals surface area contributed by atoms with Crippen molar-refractivity contribution in [3.8, 4) is 11.3 Å². The average molecular weight is 538 g/mol. The van der Waals surface area contributed by atoms with E-state index in [4.69, 9.17) is 10.7 Å². The second-order valence-electron chi connectivity index (χ2n) is 9.21. The molecule has 39 heavy (non-hydrogen) atoms. The summed E-state index contributed by atoms with van der Waals surface area (Å²) in [6.07, 6.45) is 3.17. The van der Waals surface area contributed by atoms with Gasteiger partial charge in [-0.1, -0.05) is 25.1 Å². The molecule has 4 N–H and O–H groups in total. The number of rotatable bonds is 6. The number of anilines is 2. The van der Waals surface area contributed by atoms with E-state index >= 15 is 0 Å². The van der Waals surface area contributed by atoms with Gasteiger partial charge >= 0.3 is 6.18 Å². The molecular formula is C27H26F3N7O2. The van der Waals surface area contributed by atoms with Crippen LogP contribution in [0.4, 0.5) is 24.8 Å². The standard InChI is InChI=1S/C27H26F3N7O2/c1-2-21(38)36-13-4-3-5-19(36)25-35-22(23-24(31)33-12-14-37(23)25)16-6-8-17(9-7-16)26(39)34-20-15-18(10-11-32-20)27(28,29)30/h2,6-12,14-15,19,21,38H,1,3-5,13H2,(H2,31,33)(H,32,34,39)/t19-,21?/m0/s1. The van der Waals surface area contributed by atoms with Crippen LogP contribution >= 0.6 is 0 Å². The molecule has 0 radical (unpaired) electrons. The molecule has 12 heteroatoms. The van der Waals surface area contributed by atoms with Gasteiger partial charge in [0.2, 0.25) is 0 Å². The number of hydrogen-bond acceptors (Lipinski definition) is 7. The van der Waals surface area contributed by atoms with Crippen molar-refractivity contribution in [2.24, 2.45) is 0 Å². The quantitative estimate of drug-likeness (QED) is 0.306. The molecule has 9 nitrogen and oxygen atoms in total. The number of aliphatic hydroxyl groups is 1. The number of carbonyl (C=O) groups excluding carboxylic acids is 1. The molecule has 202 valence electrons. The fourth-order valence-corrected chi connectivity index (χ4v) is 4.85. The minimum absolute atomic E-state index is 0.181. The Morgan fingerprint density at radius 2 is 1.95 bits per heavy atom. The van der Waals surface area contributed by atoms with Crippen LogP contribution in [-0.2, 0) is 6.18 Å². The number of piperidine rings is 1. The zero-order valence-electron chi connectivity index (χ0n) is 20.8. The molecule has 2 atom stereocenters. The first kappa shape index (κ1) is 26.3. The van der Waals surface area contributed by atoms with Gasteiger partial charge in [0.25, 0.3) is 5.91 Å². The Hall–Kier alpha value is -4.29. The maximum atomic E-state index is 13.0. The number of nitrogen functional groups attached to an aromatic ring is 1. The van der Waals surface area contributed by atoms with Gasteiger partial charge in [-0.15, -0.1) is 0 Å². The van der Waals surface area contributed by atoms with Crippen LogP contribution in [0.15, 0.2) is 67.6 Å². The number of alkyl halides is 3. The van der Waals surface area contributed by atoms with E-state index in [2.05, 4.69) is 21.9 Å². The molecule has 5 rings (SSSR count). The second-order valence-corrected chi connectivity index (χ2v) is 9.21. The summed E-state index contributed by atoms with van der Waals surface area (Å²) in [5.41, 5.74) is 7.39. The average Bonchev–Trinajstić information content (AvgIpc) is 3.33. The Balaban J connectivity index is 1.46. The van der Waals surface area contributed by atoms with Gasteiger partial charge in [-0.25, -0.2) is 15.0 Å². The predicted octanol–water partition coefficient (Wildman–Crippen LogP) is 4.68. The maximum absolute atomic E-state index is 13.0. The number of halogens is 3. The van der Waals surface area contributed by atoms with Crippen LogP contribution in [0.1, 0.15) is 47.1 Å². The van der Waals surface area contributed by atoms with Crippen LogP contribution in [0, 0.1) is 0 Å². The third kappa shape index (κ3) is 5.20. The van der Waals surface area contributed by atoms with Gasteiger partial charge in [-0.2, -0.15) is 13.2 Å². The predicted molar refractivity (Wildman–Crippen MR) is 140 cm³/mol. The van der Waals surface area contributed by atoms with Crippen molar-refractivity contribution in [1.82, 2.24) is 24.3 Å². The van der Waals surface area contributed by atoms with E-state index in [1.54, 1.807) is 36.7 Å². The first-order chi connectivity index (χ1) is 18.7. The summed E-state index contributed by atoms with van der Waals surface area (Å²) in [5, 5.41) is 12.9. The van der Waals surface area contributed by atoms with Gasteiger partial charge in [0.15, 0.2) is 0 Å². The van der Waals surface area contributed by atoms with Gasteiger partial charge in [0.1, 0.15) is 34.9 Å². The molecule has 1 aromatic carbocycles. The number of hydrogen-bond donors (Lipinski definition) is 3. The molecule has 4 heterocycles. The van der Waals surface area contributed by atoms with Crippen LogP contribution in [0.2, 0.25) is 0 Å². The summed E-state index contributed by atoms with van der Waals surface area (Å²) in [6, 6.07) is 7.89. The van der Waals surface area contributed by atoms with E-state index in [1.165, 1.54) is 6.08 Å². The lowest BCUT2D eigenvalue weighted by molar-refractivity contribution is -0.137. The first-order valence-electron chi connectivity index (χ1n) is 12.3. The van der Waals surface area contributed by atoms with E-state index in [1.807, 2.05) is 9.30 Å². The molecule has 1 aliphatic heterocycles. The summed E-state index contributed by atoms with van der Waals surface area (Å²) in [4.78, 5) is 27.6. The zero-order valence-corrected chi connectivity index (χ0v) is 20.8. The highest BCUT2D eigenvalue weighted by molar-refractivity contribution is 6.04. The molecule has 4 aromatic rings. The summed E-state index contributed by atoms with van der Waals surface area (Å²) < 4.78 is 40.8. The van der Waals surface area contributed by atoms with Crippen molar-refractivity contribution >= 4 is 23.1 Å². The number of imidazole rings is 1. The van der Waals surface area contributed by atoms with Crippen LogP contribution < -0.4 is 11.1 Å². The summed E-state index contributed by atoms with van der Waals surface area (Å²) >= 11 is 0. The normalized spacial score (nSPS) is 17.2. The van der Waals surface area contributed by atoms with Crippen LogP contribution in [0.3, 0.4) is 0 Å². The smallest absolute Gasteiger partial charge is 0.382 e. The Labute approximate surface area is 221 Å². The minimum atomic E-state index is -4.55. The van der Waals surface area contributed by atoms with Crippen molar-refractivity contribution in [3.63, 3.8) is 0 Å². The first-order valence-corrected chi connectivity index (χ1v) is 12.3. The van der Waals surface area contributed by atoms with E-state index in [9.17, 15) is 23.1 Å². The maximum Gasteiger partial charge on any atom is 0.416 e. The third-order valence-electron chi connectivity index (χ3n) is 6.75. The molecule has 0 bridgehead atoms. The lowest BCUT2D eigenvalue weighted by Crippen LogP contribution is -2.41. The topological polar surface area (TPSA) is 122 Å². The molecule has 3 aromatic heterocycles. The van der Waals surface area contributed by atoms with Gasteiger partial charge in [-0.3, -0.25) is 14.1 Å².